The first-order valence-corrected chi connectivity index (χ1v) is 9.73. The summed E-state index contributed by atoms with van der Waals surface area (Å²) in [5.74, 6) is 0.427. The number of nitrogens with zero attached hydrogens (tertiary/aromatic N) is 3. The van der Waals surface area contributed by atoms with Crippen LogP contribution in [0, 0.1) is 17.2 Å². The molecule has 5 nitrogen and oxygen atoms in total. The first-order chi connectivity index (χ1) is 12.7. The van der Waals surface area contributed by atoms with Crippen molar-refractivity contribution < 1.29 is 9.59 Å². The molecular weight excluding hydrogens is 326 g/mol. The minimum absolute atomic E-state index is 0.0189. The average Bonchev–Trinajstić information content (AvgIpc) is 3.38. The standard InChI is InChI=1S/C21H25N3O2/c22-14-18-7-3-9-23(18)21(26)19-8-4-10-24(19)20(25)13-15-11-16-5-1-2-6-17(16)12-15/h1-2,5-6,15,18-19H,3-4,7-13H2/t18-,19+/m0/s1. The van der Waals surface area contributed by atoms with Crippen LogP contribution in [0.2, 0.25) is 0 Å². The molecule has 0 bridgehead atoms. The van der Waals surface area contributed by atoms with Gasteiger partial charge in [-0.15, -0.1) is 0 Å². The monoisotopic (exact) mass is 351 g/mol. The highest BCUT2D eigenvalue weighted by atomic mass is 16.2. The number of likely N-dealkylation sites (tertiary alicyclic amines) is 2. The minimum Gasteiger partial charge on any atom is -0.331 e. The van der Waals surface area contributed by atoms with E-state index < -0.39 is 0 Å². The molecular formula is C21H25N3O2. The predicted octanol–water partition coefficient (Wildman–Crippen LogP) is 2.30. The van der Waals surface area contributed by atoms with Crippen molar-refractivity contribution in [2.75, 3.05) is 13.1 Å². The Morgan fingerprint density at radius 1 is 1.04 bits per heavy atom. The van der Waals surface area contributed by atoms with Crippen molar-refractivity contribution in [1.82, 2.24) is 9.80 Å². The second-order valence-electron chi connectivity index (χ2n) is 7.81. The molecule has 1 aromatic rings. The van der Waals surface area contributed by atoms with Crippen molar-refractivity contribution in [2.45, 2.75) is 57.0 Å². The highest BCUT2D eigenvalue weighted by Crippen LogP contribution is 2.31. The lowest BCUT2D eigenvalue weighted by Crippen LogP contribution is -2.49. The molecule has 2 saturated heterocycles. The maximum Gasteiger partial charge on any atom is 0.246 e. The number of rotatable bonds is 3. The van der Waals surface area contributed by atoms with E-state index in [1.807, 2.05) is 0 Å². The zero-order chi connectivity index (χ0) is 18.1. The number of carbonyl (C=O) groups is 2. The molecule has 0 N–H and O–H groups in total. The predicted molar refractivity (Wildman–Crippen MR) is 97.0 cm³/mol. The molecule has 3 aliphatic rings. The molecule has 4 rings (SSSR count). The van der Waals surface area contributed by atoms with Crippen LogP contribution in [-0.2, 0) is 22.4 Å². The Kier molecular flexibility index (Phi) is 4.67. The molecule has 0 saturated carbocycles. The fourth-order valence-electron chi connectivity index (χ4n) is 4.84. The molecule has 26 heavy (non-hydrogen) atoms. The van der Waals surface area contributed by atoms with E-state index in [2.05, 4.69) is 30.3 Å². The molecule has 136 valence electrons. The van der Waals surface area contributed by atoms with Gasteiger partial charge in [0.1, 0.15) is 12.1 Å². The van der Waals surface area contributed by atoms with Gasteiger partial charge in [0.05, 0.1) is 6.07 Å². The number of carbonyl (C=O) groups excluding carboxylic acids is 2. The van der Waals surface area contributed by atoms with Crippen LogP contribution in [0.3, 0.4) is 0 Å². The summed E-state index contributed by atoms with van der Waals surface area (Å²) in [4.78, 5) is 29.3. The van der Waals surface area contributed by atoms with Gasteiger partial charge in [-0.25, -0.2) is 0 Å². The van der Waals surface area contributed by atoms with E-state index in [-0.39, 0.29) is 23.9 Å². The Balaban J connectivity index is 1.40. The Morgan fingerprint density at radius 3 is 2.38 bits per heavy atom. The fourth-order valence-corrected chi connectivity index (χ4v) is 4.84. The van der Waals surface area contributed by atoms with Gasteiger partial charge in [-0.3, -0.25) is 9.59 Å². The van der Waals surface area contributed by atoms with Gasteiger partial charge >= 0.3 is 0 Å². The molecule has 2 aliphatic heterocycles. The summed E-state index contributed by atoms with van der Waals surface area (Å²) in [6.07, 6.45) is 5.66. The maximum absolute atomic E-state index is 12.9. The molecule has 0 unspecified atom stereocenters. The molecule has 0 aromatic heterocycles. The van der Waals surface area contributed by atoms with Gasteiger partial charge in [-0.1, -0.05) is 24.3 Å². The summed E-state index contributed by atoms with van der Waals surface area (Å²) in [5, 5.41) is 9.25. The largest absolute Gasteiger partial charge is 0.331 e. The molecule has 5 heteroatoms. The van der Waals surface area contributed by atoms with E-state index in [9.17, 15) is 14.9 Å². The fraction of sp³-hybridized carbons (Fsp3) is 0.571. The zero-order valence-electron chi connectivity index (χ0n) is 15.1. The van der Waals surface area contributed by atoms with Crippen molar-refractivity contribution in [3.8, 4) is 6.07 Å². The van der Waals surface area contributed by atoms with Crippen molar-refractivity contribution >= 4 is 11.8 Å². The number of amides is 2. The highest BCUT2D eigenvalue weighted by Gasteiger charge is 2.40. The van der Waals surface area contributed by atoms with E-state index in [1.165, 1.54) is 11.1 Å². The molecule has 2 heterocycles. The second kappa shape index (κ2) is 7.11. The summed E-state index contributed by atoms with van der Waals surface area (Å²) >= 11 is 0. The summed E-state index contributed by atoms with van der Waals surface area (Å²) in [7, 11) is 0. The zero-order valence-corrected chi connectivity index (χ0v) is 15.1. The lowest BCUT2D eigenvalue weighted by atomic mass is 10.0. The third kappa shape index (κ3) is 3.09. The lowest BCUT2D eigenvalue weighted by Gasteiger charge is -2.30. The van der Waals surface area contributed by atoms with Crippen molar-refractivity contribution in [3.05, 3.63) is 35.4 Å². The van der Waals surface area contributed by atoms with Gasteiger partial charge in [-0.05, 0) is 55.6 Å². The summed E-state index contributed by atoms with van der Waals surface area (Å²) in [6.45, 7) is 1.31. The maximum atomic E-state index is 12.9. The number of hydrogen-bond donors (Lipinski definition) is 0. The molecule has 1 aliphatic carbocycles. The van der Waals surface area contributed by atoms with Gasteiger partial charge in [0.15, 0.2) is 0 Å². The van der Waals surface area contributed by atoms with Crippen LogP contribution in [0.4, 0.5) is 0 Å². The number of benzene rings is 1. The van der Waals surface area contributed by atoms with Crippen molar-refractivity contribution in [3.63, 3.8) is 0 Å². The molecule has 2 fully saturated rings. The molecule has 0 radical (unpaired) electrons. The lowest BCUT2D eigenvalue weighted by molar-refractivity contribution is -0.144. The Bertz CT molecular complexity index is 729. The first-order valence-electron chi connectivity index (χ1n) is 9.73. The Labute approximate surface area is 154 Å². The number of fused-ring (bicyclic) bond motifs is 1. The quantitative estimate of drug-likeness (QED) is 0.839. The van der Waals surface area contributed by atoms with Crippen molar-refractivity contribution in [2.24, 2.45) is 5.92 Å². The van der Waals surface area contributed by atoms with Crippen LogP contribution in [0.15, 0.2) is 24.3 Å². The summed E-state index contributed by atoms with van der Waals surface area (Å²) in [6, 6.07) is 9.97. The third-order valence-corrected chi connectivity index (χ3v) is 6.14. The van der Waals surface area contributed by atoms with Crippen LogP contribution < -0.4 is 0 Å². The van der Waals surface area contributed by atoms with Crippen LogP contribution in [0.25, 0.3) is 0 Å². The SMILES string of the molecule is N#C[C@@H]1CCCN1C(=O)[C@H]1CCCN1C(=O)CC1Cc2ccccc2C1. The normalized spacial score (nSPS) is 25.3. The smallest absolute Gasteiger partial charge is 0.246 e. The Morgan fingerprint density at radius 2 is 1.69 bits per heavy atom. The van der Waals surface area contributed by atoms with E-state index >= 15 is 0 Å². The van der Waals surface area contributed by atoms with E-state index in [0.717, 1.165) is 38.5 Å². The molecule has 0 spiro atoms. The van der Waals surface area contributed by atoms with Crippen LogP contribution in [0.5, 0.6) is 0 Å². The van der Waals surface area contributed by atoms with Gasteiger partial charge in [0.25, 0.3) is 0 Å². The number of nitriles is 1. The highest BCUT2D eigenvalue weighted by molar-refractivity contribution is 5.89. The molecule has 2 amide bonds. The summed E-state index contributed by atoms with van der Waals surface area (Å²) < 4.78 is 0. The second-order valence-corrected chi connectivity index (χ2v) is 7.81. The molecule has 1 aromatic carbocycles. The minimum atomic E-state index is -0.361. The molecule has 2 atom stereocenters. The number of hydrogen-bond acceptors (Lipinski definition) is 3. The van der Waals surface area contributed by atoms with Crippen LogP contribution in [0.1, 0.15) is 43.2 Å². The first kappa shape index (κ1) is 17.1. The van der Waals surface area contributed by atoms with E-state index in [4.69, 9.17) is 0 Å². The van der Waals surface area contributed by atoms with Gasteiger partial charge in [0.2, 0.25) is 11.8 Å². The van der Waals surface area contributed by atoms with Gasteiger partial charge < -0.3 is 9.80 Å². The summed E-state index contributed by atoms with van der Waals surface area (Å²) in [5.41, 5.74) is 2.71. The van der Waals surface area contributed by atoms with Crippen LogP contribution >= 0.6 is 0 Å². The van der Waals surface area contributed by atoms with E-state index in [1.54, 1.807) is 9.80 Å². The van der Waals surface area contributed by atoms with Crippen molar-refractivity contribution in [1.29, 1.82) is 5.26 Å². The van der Waals surface area contributed by atoms with Crippen LogP contribution in [-0.4, -0.2) is 46.8 Å². The van der Waals surface area contributed by atoms with E-state index in [0.29, 0.717) is 25.4 Å². The topological polar surface area (TPSA) is 64.4 Å². The van der Waals surface area contributed by atoms with Gasteiger partial charge in [-0.2, -0.15) is 5.26 Å². The Hall–Kier alpha value is -2.35. The van der Waals surface area contributed by atoms with Gasteiger partial charge in [0, 0.05) is 19.5 Å². The average molecular weight is 351 g/mol. The third-order valence-electron chi connectivity index (χ3n) is 6.14.